The number of carbonyl (C=O) groups excluding carboxylic acids is 1. The van der Waals surface area contributed by atoms with Crippen LogP contribution in [0, 0.1) is 12.3 Å². The first-order valence-corrected chi connectivity index (χ1v) is 5.74. The number of terminal acetylenes is 1. The SMILES string of the molecule is C#CCC(NC(=O)COc1cccc(Cl)c1)C(=O)O. The van der Waals surface area contributed by atoms with Crippen LogP contribution in [0.25, 0.3) is 0 Å². The van der Waals surface area contributed by atoms with Gasteiger partial charge in [0, 0.05) is 11.4 Å². The summed E-state index contributed by atoms with van der Waals surface area (Å²) in [5, 5.41) is 11.5. The monoisotopic (exact) mass is 281 g/mol. The van der Waals surface area contributed by atoms with Gasteiger partial charge in [0.1, 0.15) is 11.8 Å². The number of ether oxygens (including phenoxy) is 1. The van der Waals surface area contributed by atoms with Crippen LogP contribution >= 0.6 is 11.6 Å². The first-order valence-electron chi connectivity index (χ1n) is 5.37. The lowest BCUT2D eigenvalue weighted by Gasteiger charge is -2.12. The van der Waals surface area contributed by atoms with Crippen LogP contribution in [0.15, 0.2) is 24.3 Å². The summed E-state index contributed by atoms with van der Waals surface area (Å²) in [6, 6.07) is 5.41. The average molecular weight is 282 g/mol. The fourth-order valence-electron chi connectivity index (χ4n) is 1.26. The van der Waals surface area contributed by atoms with Crippen LogP contribution in [-0.4, -0.2) is 29.6 Å². The lowest BCUT2D eigenvalue weighted by atomic mass is 10.2. The van der Waals surface area contributed by atoms with E-state index in [2.05, 4.69) is 11.2 Å². The molecule has 1 atom stereocenters. The van der Waals surface area contributed by atoms with Crippen LogP contribution < -0.4 is 10.1 Å². The lowest BCUT2D eigenvalue weighted by molar-refractivity contribution is -0.141. The first kappa shape index (κ1) is 14.9. The molecule has 2 N–H and O–H groups in total. The third kappa shape index (κ3) is 5.32. The number of amides is 1. The number of hydrogen-bond donors (Lipinski definition) is 2. The van der Waals surface area contributed by atoms with Crippen molar-refractivity contribution in [3.8, 4) is 18.1 Å². The predicted molar refractivity (Wildman–Crippen MR) is 70.0 cm³/mol. The molecule has 0 fully saturated rings. The number of carbonyl (C=O) groups is 2. The zero-order valence-corrected chi connectivity index (χ0v) is 10.7. The van der Waals surface area contributed by atoms with E-state index in [1.807, 2.05) is 0 Å². The Morgan fingerprint density at radius 2 is 2.26 bits per heavy atom. The molecule has 0 aliphatic rings. The molecule has 5 nitrogen and oxygen atoms in total. The summed E-state index contributed by atoms with van der Waals surface area (Å²) in [6.45, 7) is -0.311. The number of hydrogen-bond acceptors (Lipinski definition) is 3. The molecule has 19 heavy (non-hydrogen) atoms. The minimum absolute atomic E-state index is 0.0851. The van der Waals surface area contributed by atoms with Crippen molar-refractivity contribution in [3.63, 3.8) is 0 Å². The van der Waals surface area contributed by atoms with E-state index in [0.29, 0.717) is 10.8 Å². The number of nitrogens with one attached hydrogen (secondary N) is 1. The molecule has 6 heteroatoms. The summed E-state index contributed by atoms with van der Waals surface area (Å²) >= 11 is 5.75. The van der Waals surface area contributed by atoms with Crippen LogP contribution in [0.4, 0.5) is 0 Å². The summed E-state index contributed by atoms with van der Waals surface area (Å²) in [5.74, 6) is 0.852. The maximum Gasteiger partial charge on any atom is 0.327 e. The highest BCUT2D eigenvalue weighted by molar-refractivity contribution is 6.30. The summed E-state index contributed by atoms with van der Waals surface area (Å²) in [6.07, 6.45) is 4.93. The van der Waals surface area contributed by atoms with E-state index in [1.54, 1.807) is 24.3 Å². The van der Waals surface area contributed by atoms with Gasteiger partial charge in [0.25, 0.3) is 5.91 Å². The Balaban J connectivity index is 2.47. The standard InChI is InChI=1S/C13H12ClNO4/c1-2-4-11(13(17)18)15-12(16)8-19-10-6-3-5-9(14)7-10/h1,3,5-7,11H,4,8H2,(H,15,16)(H,17,18). The Bertz CT molecular complexity index is 510. The van der Waals surface area contributed by atoms with Crippen molar-refractivity contribution in [3.05, 3.63) is 29.3 Å². The van der Waals surface area contributed by atoms with E-state index in [-0.39, 0.29) is 13.0 Å². The van der Waals surface area contributed by atoms with Crippen LogP contribution in [0.3, 0.4) is 0 Å². The Morgan fingerprint density at radius 1 is 1.53 bits per heavy atom. The van der Waals surface area contributed by atoms with Crippen LogP contribution in [-0.2, 0) is 9.59 Å². The second kappa shape index (κ2) is 7.29. The fourth-order valence-corrected chi connectivity index (χ4v) is 1.44. The third-order valence-electron chi connectivity index (χ3n) is 2.12. The van der Waals surface area contributed by atoms with E-state index in [1.165, 1.54) is 0 Å². The minimum atomic E-state index is -1.19. The van der Waals surface area contributed by atoms with Crippen LogP contribution in [0.1, 0.15) is 6.42 Å². The van der Waals surface area contributed by atoms with Crippen LogP contribution in [0.2, 0.25) is 5.02 Å². The Morgan fingerprint density at radius 3 is 2.84 bits per heavy atom. The van der Waals surface area contributed by atoms with Gasteiger partial charge in [0.15, 0.2) is 6.61 Å². The first-order chi connectivity index (χ1) is 9.02. The molecule has 1 amide bonds. The van der Waals surface area contributed by atoms with Crippen molar-refractivity contribution in [1.29, 1.82) is 0 Å². The molecule has 0 aliphatic heterocycles. The smallest absolute Gasteiger partial charge is 0.327 e. The van der Waals surface area contributed by atoms with Gasteiger partial charge in [-0.1, -0.05) is 17.7 Å². The highest BCUT2D eigenvalue weighted by atomic mass is 35.5. The second-order valence-corrected chi connectivity index (χ2v) is 4.05. The van der Waals surface area contributed by atoms with Gasteiger partial charge in [-0.25, -0.2) is 4.79 Å². The fraction of sp³-hybridized carbons (Fsp3) is 0.231. The number of carboxylic acids is 1. The van der Waals surface area contributed by atoms with Gasteiger partial charge >= 0.3 is 5.97 Å². The molecule has 1 aromatic rings. The summed E-state index contributed by atoms with van der Waals surface area (Å²) in [4.78, 5) is 22.3. The Labute approximate surface area is 115 Å². The molecule has 1 aromatic carbocycles. The molecule has 1 unspecified atom stereocenters. The highest BCUT2D eigenvalue weighted by Crippen LogP contribution is 2.16. The van der Waals surface area contributed by atoms with Gasteiger partial charge in [-0.05, 0) is 18.2 Å². The molecule has 0 saturated carbocycles. The van der Waals surface area contributed by atoms with Gasteiger partial charge in [-0.2, -0.15) is 0 Å². The molecular weight excluding hydrogens is 270 g/mol. The number of carboxylic acid groups (broad SMARTS) is 1. The molecule has 0 radical (unpaired) electrons. The van der Waals surface area contributed by atoms with Gasteiger partial charge in [0.05, 0.1) is 0 Å². The van der Waals surface area contributed by atoms with Crippen molar-refractivity contribution in [2.75, 3.05) is 6.61 Å². The summed E-state index contributed by atoms with van der Waals surface area (Å²) in [5.41, 5.74) is 0. The second-order valence-electron chi connectivity index (χ2n) is 3.61. The molecule has 0 heterocycles. The van der Waals surface area contributed by atoms with Crippen molar-refractivity contribution in [1.82, 2.24) is 5.32 Å². The number of aliphatic carboxylic acids is 1. The topological polar surface area (TPSA) is 75.6 Å². The largest absolute Gasteiger partial charge is 0.484 e. The zero-order valence-electron chi connectivity index (χ0n) is 9.93. The van der Waals surface area contributed by atoms with Crippen molar-refractivity contribution in [2.24, 2.45) is 0 Å². The molecule has 1 rings (SSSR count). The third-order valence-corrected chi connectivity index (χ3v) is 2.36. The van der Waals surface area contributed by atoms with E-state index in [4.69, 9.17) is 27.9 Å². The maximum absolute atomic E-state index is 11.5. The minimum Gasteiger partial charge on any atom is -0.484 e. The number of rotatable bonds is 6. The summed E-state index contributed by atoms with van der Waals surface area (Å²) in [7, 11) is 0. The van der Waals surface area contributed by atoms with Crippen molar-refractivity contribution < 1.29 is 19.4 Å². The van der Waals surface area contributed by atoms with E-state index in [0.717, 1.165) is 0 Å². The average Bonchev–Trinajstić information content (AvgIpc) is 2.36. The van der Waals surface area contributed by atoms with Crippen LogP contribution in [0.5, 0.6) is 5.75 Å². The molecule has 0 aromatic heterocycles. The van der Waals surface area contributed by atoms with Gasteiger partial charge in [0.2, 0.25) is 0 Å². The predicted octanol–water partition coefficient (Wildman–Crippen LogP) is 1.31. The van der Waals surface area contributed by atoms with Gasteiger partial charge < -0.3 is 15.2 Å². The van der Waals surface area contributed by atoms with E-state index < -0.39 is 17.9 Å². The van der Waals surface area contributed by atoms with Gasteiger partial charge in [-0.15, -0.1) is 12.3 Å². The molecule has 0 bridgehead atoms. The number of halogens is 1. The quantitative estimate of drug-likeness (QED) is 0.771. The Kier molecular flexibility index (Phi) is 5.71. The summed E-state index contributed by atoms with van der Waals surface area (Å²) < 4.78 is 5.17. The van der Waals surface area contributed by atoms with Crippen molar-refractivity contribution in [2.45, 2.75) is 12.5 Å². The molecular formula is C13H12ClNO4. The van der Waals surface area contributed by atoms with E-state index in [9.17, 15) is 9.59 Å². The normalized spacial score (nSPS) is 11.2. The molecule has 0 spiro atoms. The van der Waals surface area contributed by atoms with Gasteiger partial charge in [-0.3, -0.25) is 4.79 Å². The Hall–Kier alpha value is -2.19. The zero-order chi connectivity index (χ0) is 14.3. The molecule has 100 valence electrons. The molecule has 0 aliphatic carbocycles. The molecule has 0 saturated heterocycles. The van der Waals surface area contributed by atoms with Crippen molar-refractivity contribution >= 4 is 23.5 Å². The highest BCUT2D eigenvalue weighted by Gasteiger charge is 2.18. The van der Waals surface area contributed by atoms with E-state index >= 15 is 0 Å². The maximum atomic E-state index is 11.5. The lowest BCUT2D eigenvalue weighted by Crippen LogP contribution is -2.42. The number of benzene rings is 1.